The molecule has 3 rings (SSSR count). The summed E-state index contributed by atoms with van der Waals surface area (Å²) in [6.07, 6.45) is 2.07. The molecule has 2 fully saturated rings. The van der Waals surface area contributed by atoms with E-state index >= 15 is 0 Å². The topological polar surface area (TPSA) is 133 Å². The van der Waals surface area contributed by atoms with Crippen molar-refractivity contribution in [3.05, 3.63) is 28.8 Å². The summed E-state index contributed by atoms with van der Waals surface area (Å²) < 4.78 is 0. The van der Waals surface area contributed by atoms with Crippen LogP contribution in [0.4, 0.5) is 5.69 Å². The van der Waals surface area contributed by atoms with Gasteiger partial charge in [-0.2, -0.15) is 0 Å². The quantitative estimate of drug-likeness (QED) is 0.440. The molecule has 4 amide bonds. The molecule has 166 valence electrons. The summed E-state index contributed by atoms with van der Waals surface area (Å²) in [6, 6.07) is 3.17. The van der Waals surface area contributed by atoms with Crippen LogP contribution in [0.15, 0.2) is 18.2 Å². The molecule has 1 unspecified atom stereocenters. The molecule has 31 heavy (non-hydrogen) atoms. The molecule has 1 saturated carbocycles. The standard InChI is InChI=1S/C21H25ClN4O5/c1-10-7-12(19(29)24-10)8-16(17(27)21(31)23-2)26-20(30)14-9-13(22)5-6-15(14)25-18(28)11-3-4-11/h5-6,9-12,16H,3-4,7-8H2,1-2H3,(H,23,31)(H,24,29)(H,25,28)(H,26,30)/t10-,12+,16?/m1/s1. The van der Waals surface area contributed by atoms with Crippen molar-refractivity contribution in [2.75, 3.05) is 12.4 Å². The molecule has 10 heteroatoms. The Hall–Kier alpha value is -2.94. The molecule has 1 aliphatic carbocycles. The molecule has 1 saturated heterocycles. The molecule has 0 spiro atoms. The number of likely N-dealkylation sites (N-methyl/N-ethyl adjacent to an activating group) is 1. The molecular weight excluding hydrogens is 424 g/mol. The van der Waals surface area contributed by atoms with Gasteiger partial charge >= 0.3 is 0 Å². The first-order valence-corrected chi connectivity index (χ1v) is 10.5. The van der Waals surface area contributed by atoms with E-state index in [1.807, 2.05) is 6.92 Å². The van der Waals surface area contributed by atoms with Crippen LogP contribution in [0.3, 0.4) is 0 Å². The van der Waals surface area contributed by atoms with Gasteiger partial charge in [0.15, 0.2) is 0 Å². The highest BCUT2D eigenvalue weighted by atomic mass is 35.5. The van der Waals surface area contributed by atoms with Gasteiger partial charge in [-0.3, -0.25) is 24.0 Å². The van der Waals surface area contributed by atoms with Crippen LogP contribution in [0.1, 0.15) is 43.0 Å². The summed E-state index contributed by atoms with van der Waals surface area (Å²) in [5.41, 5.74) is 0.331. The van der Waals surface area contributed by atoms with Gasteiger partial charge < -0.3 is 21.3 Å². The number of carbonyl (C=O) groups excluding carboxylic acids is 5. The second-order valence-corrected chi connectivity index (χ2v) is 8.44. The fraction of sp³-hybridized carbons (Fsp3) is 0.476. The van der Waals surface area contributed by atoms with Crippen LogP contribution in [0, 0.1) is 11.8 Å². The van der Waals surface area contributed by atoms with E-state index < -0.39 is 29.6 Å². The Balaban J connectivity index is 1.81. The van der Waals surface area contributed by atoms with Crippen LogP contribution in [0.25, 0.3) is 0 Å². The van der Waals surface area contributed by atoms with Crippen molar-refractivity contribution in [3.63, 3.8) is 0 Å². The zero-order valence-corrected chi connectivity index (χ0v) is 18.0. The molecule has 0 radical (unpaired) electrons. The first kappa shape index (κ1) is 22.7. The minimum absolute atomic E-state index is 0.0154. The molecule has 1 aromatic rings. The van der Waals surface area contributed by atoms with Gasteiger partial charge in [-0.25, -0.2) is 0 Å². The highest BCUT2D eigenvalue weighted by Crippen LogP contribution is 2.31. The van der Waals surface area contributed by atoms with E-state index in [-0.39, 0.29) is 46.5 Å². The van der Waals surface area contributed by atoms with Gasteiger partial charge in [0.2, 0.25) is 17.6 Å². The first-order valence-electron chi connectivity index (χ1n) is 10.2. The van der Waals surface area contributed by atoms with Crippen molar-refractivity contribution in [1.82, 2.24) is 16.0 Å². The Kier molecular flexibility index (Phi) is 6.94. The van der Waals surface area contributed by atoms with Gasteiger partial charge in [-0.05, 0) is 50.8 Å². The van der Waals surface area contributed by atoms with Gasteiger partial charge in [0.1, 0.15) is 0 Å². The fourth-order valence-electron chi connectivity index (χ4n) is 3.58. The molecule has 1 aliphatic heterocycles. The van der Waals surface area contributed by atoms with Crippen LogP contribution in [-0.4, -0.2) is 48.5 Å². The molecule has 1 heterocycles. The molecule has 2 aliphatic rings. The number of rotatable bonds is 8. The number of benzene rings is 1. The Morgan fingerprint density at radius 1 is 1.23 bits per heavy atom. The SMILES string of the molecule is CNC(=O)C(=O)C(C[C@@H]1C[C@@H](C)NC1=O)NC(=O)c1cc(Cl)ccc1NC(=O)C1CC1. The largest absolute Gasteiger partial charge is 0.353 e. The number of anilines is 1. The van der Waals surface area contributed by atoms with Gasteiger partial charge in [-0.15, -0.1) is 0 Å². The predicted molar refractivity (Wildman–Crippen MR) is 113 cm³/mol. The normalized spacial score (nSPS) is 21.1. The molecule has 9 nitrogen and oxygen atoms in total. The smallest absolute Gasteiger partial charge is 0.289 e. The maximum atomic E-state index is 13.0. The summed E-state index contributed by atoms with van der Waals surface area (Å²) in [5.74, 6) is -3.40. The van der Waals surface area contributed by atoms with E-state index in [9.17, 15) is 24.0 Å². The van der Waals surface area contributed by atoms with Gasteiger partial charge in [0.05, 0.1) is 17.3 Å². The first-order chi connectivity index (χ1) is 14.7. The summed E-state index contributed by atoms with van der Waals surface area (Å²) in [5, 5.41) is 10.6. The summed E-state index contributed by atoms with van der Waals surface area (Å²) in [4.78, 5) is 61.9. The van der Waals surface area contributed by atoms with E-state index in [4.69, 9.17) is 11.6 Å². The van der Waals surface area contributed by atoms with Crippen molar-refractivity contribution in [2.45, 2.75) is 44.7 Å². The minimum atomic E-state index is -1.21. The van der Waals surface area contributed by atoms with E-state index in [0.29, 0.717) is 6.42 Å². The van der Waals surface area contributed by atoms with Crippen molar-refractivity contribution in [3.8, 4) is 0 Å². The average molecular weight is 449 g/mol. The van der Waals surface area contributed by atoms with Crippen molar-refractivity contribution in [2.24, 2.45) is 11.8 Å². The number of nitrogens with one attached hydrogen (secondary N) is 4. The highest BCUT2D eigenvalue weighted by molar-refractivity contribution is 6.38. The van der Waals surface area contributed by atoms with E-state index in [0.717, 1.165) is 12.8 Å². The fourth-order valence-corrected chi connectivity index (χ4v) is 3.76. The van der Waals surface area contributed by atoms with Gasteiger partial charge in [-0.1, -0.05) is 11.6 Å². The van der Waals surface area contributed by atoms with Gasteiger partial charge in [0.25, 0.3) is 11.8 Å². The van der Waals surface area contributed by atoms with E-state index in [1.165, 1.54) is 25.2 Å². The Labute approximate surface area is 184 Å². The van der Waals surface area contributed by atoms with Gasteiger partial charge in [0, 0.05) is 29.9 Å². The second-order valence-electron chi connectivity index (χ2n) is 8.00. The van der Waals surface area contributed by atoms with Crippen LogP contribution >= 0.6 is 11.6 Å². The third-order valence-corrected chi connectivity index (χ3v) is 5.66. The third-order valence-electron chi connectivity index (χ3n) is 5.42. The maximum absolute atomic E-state index is 13.0. The number of halogens is 1. The van der Waals surface area contributed by atoms with E-state index in [1.54, 1.807) is 0 Å². The zero-order valence-electron chi connectivity index (χ0n) is 17.3. The summed E-state index contributed by atoms with van der Waals surface area (Å²) >= 11 is 6.04. The van der Waals surface area contributed by atoms with Crippen molar-refractivity contribution < 1.29 is 24.0 Å². The van der Waals surface area contributed by atoms with Crippen LogP contribution < -0.4 is 21.3 Å². The third kappa shape index (κ3) is 5.61. The number of hydrogen-bond acceptors (Lipinski definition) is 5. The van der Waals surface area contributed by atoms with Crippen molar-refractivity contribution >= 4 is 46.7 Å². The molecular formula is C21H25ClN4O5. The van der Waals surface area contributed by atoms with Crippen LogP contribution in [0.2, 0.25) is 5.02 Å². The lowest BCUT2D eigenvalue weighted by atomic mass is 9.93. The van der Waals surface area contributed by atoms with E-state index in [2.05, 4.69) is 21.3 Å². The number of ketones is 1. The monoisotopic (exact) mass is 448 g/mol. The van der Waals surface area contributed by atoms with Crippen LogP contribution in [-0.2, 0) is 19.2 Å². The molecule has 0 bridgehead atoms. The number of amides is 4. The zero-order chi connectivity index (χ0) is 22.7. The van der Waals surface area contributed by atoms with Crippen molar-refractivity contribution in [1.29, 1.82) is 0 Å². The Bertz CT molecular complexity index is 930. The number of Topliss-reactive ketones (excluding diaryl/α,β-unsaturated/α-hetero) is 1. The summed E-state index contributed by atoms with van der Waals surface area (Å²) in [7, 11) is 1.31. The predicted octanol–water partition coefficient (Wildman–Crippen LogP) is 1.02. The Morgan fingerprint density at radius 2 is 1.94 bits per heavy atom. The maximum Gasteiger partial charge on any atom is 0.289 e. The number of hydrogen-bond donors (Lipinski definition) is 4. The Morgan fingerprint density at radius 3 is 2.52 bits per heavy atom. The second kappa shape index (κ2) is 9.47. The molecule has 3 atom stereocenters. The lowest BCUT2D eigenvalue weighted by Gasteiger charge is -2.20. The highest BCUT2D eigenvalue weighted by Gasteiger charge is 2.36. The molecule has 1 aromatic carbocycles. The van der Waals surface area contributed by atoms with Crippen LogP contribution in [0.5, 0.6) is 0 Å². The average Bonchev–Trinajstić information content (AvgIpc) is 3.53. The summed E-state index contributed by atoms with van der Waals surface area (Å²) in [6.45, 7) is 1.84. The molecule has 4 N–H and O–H groups in total. The molecule has 0 aromatic heterocycles. The lowest BCUT2D eigenvalue weighted by molar-refractivity contribution is -0.139. The minimum Gasteiger partial charge on any atom is -0.353 e. The number of carbonyl (C=O) groups is 5. The lowest BCUT2D eigenvalue weighted by Crippen LogP contribution is -2.48.